The van der Waals surface area contributed by atoms with Gasteiger partial charge in [0.1, 0.15) is 0 Å². The van der Waals surface area contributed by atoms with Crippen molar-refractivity contribution in [2.24, 2.45) is 0 Å². The summed E-state index contributed by atoms with van der Waals surface area (Å²) < 4.78 is 10.6. The molecule has 0 bridgehead atoms. The van der Waals surface area contributed by atoms with E-state index in [1.54, 1.807) is 25.1 Å². The summed E-state index contributed by atoms with van der Waals surface area (Å²) in [5, 5.41) is 12.4. The van der Waals surface area contributed by atoms with Gasteiger partial charge >= 0.3 is 0 Å². The van der Waals surface area contributed by atoms with Crippen LogP contribution >= 0.6 is 11.3 Å². The fourth-order valence-corrected chi connectivity index (χ4v) is 3.93. The minimum Gasteiger partial charge on any atom is -0.503 e. The summed E-state index contributed by atoms with van der Waals surface area (Å²) in [6.07, 6.45) is 0.198. The van der Waals surface area contributed by atoms with E-state index in [-0.39, 0.29) is 17.8 Å². The number of aliphatic hydroxyl groups excluding tert-OH is 1. The number of nitrogens with zero attached hydrogens (tertiary/aromatic N) is 1. The van der Waals surface area contributed by atoms with Gasteiger partial charge in [-0.05, 0) is 29.1 Å². The second kappa shape index (κ2) is 7.84. The topological polar surface area (TPSA) is 76.1 Å². The van der Waals surface area contributed by atoms with Gasteiger partial charge in [-0.15, -0.1) is 11.3 Å². The normalized spacial score (nSPS) is 16.8. The van der Waals surface area contributed by atoms with E-state index < -0.39 is 17.7 Å². The first-order valence-electron chi connectivity index (χ1n) is 8.53. The first kappa shape index (κ1) is 19.0. The van der Waals surface area contributed by atoms with E-state index in [1.165, 1.54) is 30.5 Å². The lowest BCUT2D eigenvalue weighted by Crippen LogP contribution is -2.30. The summed E-state index contributed by atoms with van der Waals surface area (Å²) in [5.41, 5.74) is 0.810. The van der Waals surface area contributed by atoms with Crippen molar-refractivity contribution in [1.29, 1.82) is 0 Å². The van der Waals surface area contributed by atoms with E-state index >= 15 is 0 Å². The lowest BCUT2D eigenvalue weighted by molar-refractivity contribution is -0.130. The highest BCUT2D eigenvalue weighted by atomic mass is 32.1. The van der Waals surface area contributed by atoms with Crippen LogP contribution in [0.2, 0.25) is 0 Å². The Morgan fingerprint density at radius 1 is 1.22 bits per heavy atom. The smallest absolute Gasteiger partial charge is 0.290 e. The fraction of sp³-hybridized carbons (Fsp3) is 0.300. The molecule has 1 atom stereocenters. The van der Waals surface area contributed by atoms with Gasteiger partial charge in [0.15, 0.2) is 23.0 Å². The number of hydrogen-bond acceptors (Lipinski definition) is 6. The van der Waals surface area contributed by atoms with Crippen molar-refractivity contribution in [2.45, 2.75) is 25.9 Å². The first-order chi connectivity index (χ1) is 13.0. The van der Waals surface area contributed by atoms with Crippen LogP contribution in [-0.4, -0.2) is 35.9 Å². The van der Waals surface area contributed by atoms with Crippen LogP contribution in [-0.2, 0) is 16.1 Å². The molecule has 1 amide bonds. The number of hydrogen-bond donors (Lipinski definition) is 1. The molecule has 1 unspecified atom stereocenters. The van der Waals surface area contributed by atoms with Crippen LogP contribution < -0.4 is 9.47 Å². The number of benzene rings is 1. The fourth-order valence-electron chi connectivity index (χ4n) is 3.23. The molecule has 2 aromatic rings. The zero-order chi connectivity index (χ0) is 19.6. The van der Waals surface area contributed by atoms with E-state index in [0.717, 1.165) is 4.88 Å². The van der Waals surface area contributed by atoms with Crippen LogP contribution in [0.5, 0.6) is 11.5 Å². The maximum Gasteiger partial charge on any atom is 0.290 e. The number of rotatable bonds is 7. The highest BCUT2D eigenvalue weighted by molar-refractivity contribution is 7.09. The number of thiophene rings is 1. The molecule has 0 aliphatic carbocycles. The Balaban J connectivity index is 2.10. The molecule has 0 saturated carbocycles. The minimum atomic E-state index is -0.674. The Morgan fingerprint density at radius 3 is 2.56 bits per heavy atom. The van der Waals surface area contributed by atoms with Crippen LogP contribution in [0, 0.1) is 0 Å². The number of amides is 1. The molecule has 0 saturated heterocycles. The number of carbonyl (C=O) groups is 2. The molecule has 1 aliphatic rings. The summed E-state index contributed by atoms with van der Waals surface area (Å²) in [5.74, 6) is -0.229. The van der Waals surface area contributed by atoms with E-state index in [2.05, 4.69) is 0 Å². The molecule has 1 aliphatic heterocycles. The summed E-state index contributed by atoms with van der Waals surface area (Å²) >= 11 is 1.52. The zero-order valence-corrected chi connectivity index (χ0v) is 16.2. The lowest BCUT2D eigenvalue weighted by Gasteiger charge is -2.27. The van der Waals surface area contributed by atoms with Crippen LogP contribution in [0.25, 0.3) is 0 Å². The quantitative estimate of drug-likeness (QED) is 0.785. The molecule has 2 heterocycles. The Bertz CT molecular complexity index is 888. The van der Waals surface area contributed by atoms with Gasteiger partial charge in [0.2, 0.25) is 0 Å². The number of carbonyl (C=O) groups excluding carboxylic acids is 2. The summed E-state index contributed by atoms with van der Waals surface area (Å²) in [7, 11) is 3.06. The second-order valence-electron chi connectivity index (χ2n) is 6.07. The van der Waals surface area contributed by atoms with Crippen molar-refractivity contribution in [3.05, 3.63) is 57.5 Å². The highest BCUT2D eigenvalue weighted by Crippen LogP contribution is 2.42. The van der Waals surface area contributed by atoms with Crippen molar-refractivity contribution in [1.82, 2.24) is 4.90 Å². The van der Waals surface area contributed by atoms with Crippen molar-refractivity contribution >= 4 is 23.0 Å². The minimum absolute atomic E-state index is 0.131. The molecule has 1 aromatic carbocycles. The van der Waals surface area contributed by atoms with E-state index in [4.69, 9.17) is 9.47 Å². The molecule has 142 valence electrons. The monoisotopic (exact) mass is 387 g/mol. The summed E-state index contributed by atoms with van der Waals surface area (Å²) in [6.45, 7) is 2.01. The van der Waals surface area contributed by atoms with Gasteiger partial charge in [-0.25, -0.2) is 0 Å². The molecule has 0 fully saturated rings. The Hall–Kier alpha value is -2.80. The highest BCUT2D eigenvalue weighted by Gasteiger charge is 2.43. The van der Waals surface area contributed by atoms with E-state index in [1.807, 2.05) is 17.5 Å². The Kier molecular flexibility index (Phi) is 5.51. The molecular formula is C20H21NO5S. The molecule has 7 heteroatoms. The SMILES string of the molecule is CCC(=O)C1=C(O)C(=O)N(Cc2cccs2)C1c1ccc(OC)c(OC)c1. The van der Waals surface area contributed by atoms with Gasteiger partial charge in [-0.2, -0.15) is 0 Å². The lowest BCUT2D eigenvalue weighted by atomic mass is 9.94. The molecular weight excluding hydrogens is 366 g/mol. The summed E-state index contributed by atoms with van der Waals surface area (Å²) in [4.78, 5) is 27.8. The third-order valence-electron chi connectivity index (χ3n) is 4.55. The summed E-state index contributed by atoms with van der Waals surface area (Å²) in [6, 6.07) is 8.39. The van der Waals surface area contributed by atoms with Crippen molar-refractivity contribution in [3.63, 3.8) is 0 Å². The maximum absolute atomic E-state index is 12.7. The average Bonchev–Trinajstić information content (AvgIpc) is 3.29. The van der Waals surface area contributed by atoms with Gasteiger partial charge in [-0.1, -0.05) is 19.1 Å². The second-order valence-corrected chi connectivity index (χ2v) is 7.10. The predicted octanol–water partition coefficient (Wildman–Crippen LogP) is 3.64. The van der Waals surface area contributed by atoms with Gasteiger partial charge < -0.3 is 19.5 Å². The standard InChI is InChI=1S/C20H21NO5S/c1-4-14(22)17-18(12-7-8-15(25-2)16(10-12)26-3)21(20(24)19(17)23)11-13-6-5-9-27-13/h5-10,18,23H,4,11H2,1-3H3. The zero-order valence-electron chi connectivity index (χ0n) is 15.4. The van der Waals surface area contributed by atoms with Crippen molar-refractivity contribution < 1.29 is 24.2 Å². The molecule has 0 radical (unpaired) electrons. The average molecular weight is 387 g/mol. The third kappa shape index (κ3) is 3.42. The largest absolute Gasteiger partial charge is 0.503 e. The van der Waals surface area contributed by atoms with Gasteiger partial charge in [0.25, 0.3) is 5.91 Å². The van der Waals surface area contributed by atoms with Crippen LogP contribution in [0.15, 0.2) is 47.0 Å². The third-order valence-corrected chi connectivity index (χ3v) is 5.42. The van der Waals surface area contributed by atoms with Crippen LogP contribution in [0.1, 0.15) is 29.8 Å². The van der Waals surface area contributed by atoms with Crippen molar-refractivity contribution in [2.75, 3.05) is 14.2 Å². The number of ketones is 1. The molecule has 1 N–H and O–H groups in total. The number of methoxy groups -OCH3 is 2. The van der Waals surface area contributed by atoms with Crippen molar-refractivity contribution in [3.8, 4) is 11.5 Å². The molecule has 3 rings (SSSR count). The predicted molar refractivity (Wildman–Crippen MR) is 102 cm³/mol. The number of Topliss-reactive ketones (excluding diaryl/α,β-unsaturated/α-hetero) is 1. The maximum atomic E-state index is 12.7. The molecule has 6 nitrogen and oxygen atoms in total. The molecule has 0 spiro atoms. The van der Waals surface area contributed by atoms with E-state index in [9.17, 15) is 14.7 Å². The van der Waals surface area contributed by atoms with Gasteiger partial charge in [0, 0.05) is 11.3 Å². The Labute approximate surface area is 161 Å². The van der Waals surface area contributed by atoms with Gasteiger partial charge in [0.05, 0.1) is 32.4 Å². The van der Waals surface area contributed by atoms with Crippen LogP contribution in [0.4, 0.5) is 0 Å². The molecule has 1 aromatic heterocycles. The first-order valence-corrected chi connectivity index (χ1v) is 9.41. The Morgan fingerprint density at radius 2 is 1.96 bits per heavy atom. The van der Waals surface area contributed by atoms with Crippen LogP contribution in [0.3, 0.4) is 0 Å². The molecule has 27 heavy (non-hydrogen) atoms. The van der Waals surface area contributed by atoms with Gasteiger partial charge in [-0.3, -0.25) is 9.59 Å². The number of ether oxygens (including phenoxy) is 2. The number of aliphatic hydroxyl groups is 1. The van der Waals surface area contributed by atoms with E-state index in [0.29, 0.717) is 23.6 Å².